The zero-order valence-electron chi connectivity index (χ0n) is 27.2. The topological polar surface area (TPSA) is 157 Å². The molecule has 0 aliphatic rings. The Labute approximate surface area is 286 Å². The third-order valence-corrected chi connectivity index (χ3v) is 7.67. The molecule has 2 amide bonds. The lowest BCUT2D eigenvalue weighted by atomic mass is 10.1. The first kappa shape index (κ1) is 35.7. The Morgan fingerprint density at radius 3 is 1.49 bits per heavy atom. The summed E-state index contributed by atoms with van der Waals surface area (Å²) in [7, 11) is 3.22. The number of para-hydroxylation sites is 2. The first-order valence-corrected chi connectivity index (χ1v) is 15.4. The molecule has 0 spiro atoms. The van der Waals surface area contributed by atoms with Gasteiger partial charge in [-0.1, -0.05) is 97.1 Å². The highest BCUT2D eigenvalue weighted by Gasteiger charge is 2.22. The second-order valence-electron chi connectivity index (χ2n) is 10.6. The zero-order valence-corrected chi connectivity index (χ0v) is 28.0. The number of halogens is 1. The van der Waals surface area contributed by atoms with Gasteiger partial charge in [0, 0.05) is 25.5 Å². The van der Waals surface area contributed by atoms with E-state index in [2.05, 4.69) is 26.0 Å². The van der Waals surface area contributed by atoms with Gasteiger partial charge in [-0.05, 0) is 81.7 Å². The fourth-order valence-electron chi connectivity index (χ4n) is 4.48. The van der Waals surface area contributed by atoms with Gasteiger partial charge in [-0.3, -0.25) is 9.69 Å². The van der Waals surface area contributed by atoms with Crippen molar-refractivity contribution >= 4 is 34.4 Å². The second kappa shape index (κ2) is 17.1. The Morgan fingerprint density at radius 1 is 0.633 bits per heavy atom. The number of aromatic amines is 1. The molecule has 0 aliphatic carbocycles. The van der Waals surface area contributed by atoms with E-state index >= 15 is 0 Å². The van der Waals surface area contributed by atoms with Crippen molar-refractivity contribution in [3.05, 3.63) is 153 Å². The SMILES string of the molecule is CN(C(=O)Cl)c1ccccc1.C[C@@H](c1ccccc1)n1nn[nH]c1=O.C[C@@H](c1ccccc1)n1nnn(C(=O)N(C)c2ccccc2)c1=O. The van der Waals surface area contributed by atoms with Crippen LogP contribution in [0.25, 0.3) is 0 Å². The third-order valence-electron chi connectivity index (χ3n) is 7.41. The summed E-state index contributed by atoms with van der Waals surface area (Å²) < 4.78 is 3.29. The molecule has 0 saturated heterocycles. The van der Waals surface area contributed by atoms with E-state index in [1.165, 1.54) is 19.2 Å². The largest absolute Gasteiger partial charge is 0.373 e. The minimum Gasteiger partial charge on any atom is -0.302 e. The van der Waals surface area contributed by atoms with Crippen LogP contribution >= 0.6 is 11.6 Å². The van der Waals surface area contributed by atoms with Crippen molar-refractivity contribution in [3.63, 3.8) is 0 Å². The van der Waals surface area contributed by atoms with E-state index in [1.807, 2.05) is 123 Å². The van der Waals surface area contributed by atoms with Crippen LogP contribution in [-0.2, 0) is 0 Å². The van der Waals surface area contributed by atoms with Gasteiger partial charge in [0.2, 0.25) is 0 Å². The molecule has 0 aliphatic heterocycles. The van der Waals surface area contributed by atoms with E-state index < -0.39 is 17.1 Å². The normalized spacial score (nSPS) is 11.5. The average molecular weight is 683 g/mol. The summed E-state index contributed by atoms with van der Waals surface area (Å²) in [5, 5.41) is 16.5. The smallest absolute Gasteiger partial charge is 0.302 e. The van der Waals surface area contributed by atoms with Gasteiger partial charge in [0.25, 0.3) is 0 Å². The van der Waals surface area contributed by atoms with Crippen LogP contribution < -0.4 is 21.2 Å². The summed E-state index contributed by atoms with van der Waals surface area (Å²) in [6.45, 7) is 3.74. The summed E-state index contributed by atoms with van der Waals surface area (Å²) in [6.07, 6.45) is 0. The highest BCUT2D eigenvalue weighted by Crippen LogP contribution is 2.16. The lowest BCUT2D eigenvalue weighted by Crippen LogP contribution is -2.39. The first-order valence-electron chi connectivity index (χ1n) is 15.1. The van der Waals surface area contributed by atoms with Crippen LogP contribution in [0.5, 0.6) is 0 Å². The van der Waals surface area contributed by atoms with Crippen LogP contribution in [0.1, 0.15) is 37.1 Å². The number of anilines is 2. The molecule has 6 aromatic rings. The van der Waals surface area contributed by atoms with Gasteiger partial charge < -0.3 is 4.90 Å². The molecule has 2 aromatic heterocycles. The van der Waals surface area contributed by atoms with Crippen LogP contribution in [0.3, 0.4) is 0 Å². The van der Waals surface area contributed by atoms with Crippen molar-refractivity contribution in [3.8, 4) is 0 Å². The number of amides is 2. The van der Waals surface area contributed by atoms with Crippen LogP contribution in [0.2, 0.25) is 0 Å². The molecule has 49 heavy (non-hydrogen) atoms. The quantitative estimate of drug-likeness (QED) is 0.143. The van der Waals surface area contributed by atoms with Crippen molar-refractivity contribution in [1.82, 2.24) is 40.0 Å². The molecule has 15 heteroatoms. The van der Waals surface area contributed by atoms with Crippen molar-refractivity contribution in [2.24, 2.45) is 0 Å². The van der Waals surface area contributed by atoms with Crippen LogP contribution in [0, 0.1) is 0 Å². The summed E-state index contributed by atoms with van der Waals surface area (Å²) in [5.41, 5.74) is 2.55. The Morgan fingerprint density at radius 2 is 1.06 bits per heavy atom. The number of hydrogen-bond donors (Lipinski definition) is 1. The van der Waals surface area contributed by atoms with Gasteiger partial charge in [0.1, 0.15) is 0 Å². The monoisotopic (exact) mass is 682 g/mol. The lowest BCUT2D eigenvalue weighted by molar-refractivity contribution is 0.245. The van der Waals surface area contributed by atoms with Crippen LogP contribution in [-0.4, -0.2) is 65.5 Å². The molecule has 2 heterocycles. The molecule has 0 fully saturated rings. The summed E-state index contributed by atoms with van der Waals surface area (Å²) in [6, 6.07) is 36.4. The molecule has 1 N–H and O–H groups in total. The fraction of sp³-hybridized carbons (Fsp3) is 0.176. The number of benzene rings is 4. The van der Waals surface area contributed by atoms with Crippen molar-refractivity contribution < 1.29 is 9.59 Å². The number of tetrazole rings is 2. The molecule has 252 valence electrons. The minimum atomic E-state index is -0.570. The van der Waals surface area contributed by atoms with Crippen molar-refractivity contribution in [2.75, 3.05) is 23.9 Å². The molecule has 0 radical (unpaired) electrons. The number of hydrogen-bond acceptors (Lipinski definition) is 8. The predicted molar refractivity (Wildman–Crippen MR) is 187 cm³/mol. The minimum absolute atomic E-state index is 0.0950. The van der Waals surface area contributed by atoms with Crippen molar-refractivity contribution in [2.45, 2.75) is 25.9 Å². The van der Waals surface area contributed by atoms with Gasteiger partial charge in [-0.2, -0.15) is 9.36 Å². The fourth-order valence-corrected chi connectivity index (χ4v) is 4.58. The van der Waals surface area contributed by atoms with E-state index in [4.69, 9.17) is 11.6 Å². The molecule has 0 bridgehead atoms. The van der Waals surface area contributed by atoms with Crippen LogP contribution in [0.15, 0.2) is 131 Å². The zero-order chi connectivity index (χ0) is 35.3. The second-order valence-corrected chi connectivity index (χ2v) is 10.9. The Kier molecular flexibility index (Phi) is 12.5. The van der Waals surface area contributed by atoms with E-state index in [1.54, 1.807) is 26.2 Å². The number of nitrogens with zero attached hydrogens (tertiary/aromatic N) is 9. The number of carbonyl (C=O) groups is 2. The van der Waals surface area contributed by atoms with Gasteiger partial charge in [0.05, 0.1) is 12.1 Å². The molecule has 6 rings (SSSR count). The van der Waals surface area contributed by atoms with Crippen molar-refractivity contribution in [1.29, 1.82) is 0 Å². The summed E-state index contributed by atoms with van der Waals surface area (Å²) >= 11 is 5.25. The van der Waals surface area contributed by atoms with E-state index in [0.717, 1.165) is 21.5 Å². The number of aromatic nitrogens is 8. The van der Waals surface area contributed by atoms with Gasteiger partial charge >= 0.3 is 22.8 Å². The standard InChI is InChI=1S/C17H17N5O2.C9H10N4O.C8H8ClNO/c1-13(14-9-5-3-6-10-14)21-17(24)22(19-18-21)16(23)20(2)15-11-7-4-8-12-15;1-7(8-5-3-2-4-6-8)13-9(14)10-11-12-13;1-10(8(9)11)7-5-3-2-4-6-7/h3-13H,1-2H3;2-7H,1H3,(H,10,12,14);2-6H,1H3/t13-;7-;/m00./s1. The predicted octanol–water partition coefficient (Wildman–Crippen LogP) is 5.21. The molecule has 0 unspecified atom stereocenters. The highest BCUT2D eigenvalue weighted by atomic mass is 35.5. The number of rotatable bonds is 6. The summed E-state index contributed by atoms with van der Waals surface area (Å²) in [5.74, 6) is 0. The third kappa shape index (κ3) is 9.23. The Bertz CT molecular complexity index is 2030. The number of carbonyl (C=O) groups excluding carboxylic acids is 2. The van der Waals surface area contributed by atoms with Gasteiger partial charge in [-0.15, -0.1) is 4.68 Å². The molecular weight excluding hydrogens is 648 g/mol. The Balaban J connectivity index is 0.000000183. The molecule has 0 saturated carbocycles. The maximum Gasteiger partial charge on any atom is 0.373 e. The Hall–Kier alpha value is -6.15. The van der Waals surface area contributed by atoms with E-state index in [9.17, 15) is 19.2 Å². The first-order chi connectivity index (χ1) is 23.6. The lowest BCUT2D eigenvalue weighted by Gasteiger charge is -2.15. The number of nitrogens with one attached hydrogen (secondary N) is 1. The number of H-pyrrole nitrogens is 1. The molecule has 4 aromatic carbocycles. The molecule has 14 nitrogen and oxygen atoms in total. The maximum atomic E-state index is 12.5. The van der Waals surface area contributed by atoms with Gasteiger partial charge in [0.15, 0.2) is 0 Å². The summed E-state index contributed by atoms with van der Waals surface area (Å²) in [4.78, 5) is 49.6. The van der Waals surface area contributed by atoms with Crippen LogP contribution in [0.4, 0.5) is 21.0 Å². The highest BCUT2D eigenvalue weighted by molar-refractivity contribution is 6.66. The average Bonchev–Trinajstić information content (AvgIpc) is 3.76. The maximum absolute atomic E-state index is 12.5. The molecular formula is C34H35ClN10O4. The molecule has 2 atom stereocenters. The van der Waals surface area contributed by atoms with E-state index in [0.29, 0.717) is 5.69 Å². The van der Waals surface area contributed by atoms with Gasteiger partial charge in [-0.25, -0.2) is 19.5 Å². The van der Waals surface area contributed by atoms with E-state index in [-0.39, 0.29) is 17.8 Å².